The van der Waals surface area contributed by atoms with Gasteiger partial charge in [-0.1, -0.05) is 24.3 Å². The summed E-state index contributed by atoms with van der Waals surface area (Å²) < 4.78 is 1.88. The number of aryl methyl sites for hydroxylation is 1. The normalized spacial score (nSPS) is 21.2. The second-order valence-electron chi connectivity index (χ2n) is 8.99. The number of rotatable bonds is 5. The molecule has 5 nitrogen and oxygen atoms in total. The van der Waals surface area contributed by atoms with Crippen molar-refractivity contribution in [1.29, 1.82) is 0 Å². The number of nitrogens with one attached hydrogen (secondary N) is 1. The van der Waals surface area contributed by atoms with E-state index in [-0.39, 0.29) is 17.4 Å². The first-order valence-electron chi connectivity index (χ1n) is 10.5. The lowest BCUT2D eigenvalue weighted by Crippen LogP contribution is -2.41. The van der Waals surface area contributed by atoms with Crippen molar-refractivity contribution in [2.75, 3.05) is 13.1 Å². The van der Waals surface area contributed by atoms with Crippen LogP contribution in [-0.2, 0) is 23.8 Å². The molecule has 0 radical (unpaired) electrons. The van der Waals surface area contributed by atoms with Crippen molar-refractivity contribution < 1.29 is 4.79 Å². The number of hydrogen-bond acceptors (Lipinski definition) is 3. The Kier molecular flexibility index (Phi) is 5.28. The fraction of sp³-hybridized carbons (Fsp3) is 0.565. The minimum atomic E-state index is 0.181. The third-order valence-electron chi connectivity index (χ3n) is 6.47. The Labute approximate surface area is 168 Å². The predicted octanol–water partition coefficient (Wildman–Crippen LogP) is 3.36. The molecular formula is C23H32N4O. The number of carbonyl (C=O) groups excluding carboxylic acids is 1. The minimum absolute atomic E-state index is 0.181. The van der Waals surface area contributed by atoms with E-state index >= 15 is 0 Å². The van der Waals surface area contributed by atoms with Gasteiger partial charge in [0.25, 0.3) is 0 Å². The van der Waals surface area contributed by atoms with E-state index < -0.39 is 0 Å². The lowest BCUT2D eigenvalue weighted by atomic mass is 9.73. The first-order valence-corrected chi connectivity index (χ1v) is 10.5. The molecule has 1 N–H and O–H groups in total. The molecule has 0 bridgehead atoms. The molecule has 5 heteroatoms. The van der Waals surface area contributed by atoms with E-state index in [2.05, 4.69) is 45.8 Å². The number of nitrogens with zero attached hydrogens (tertiary/aromatic N) is 3. The third kappa shape index (κ3) is 3.86. The van der Waals surface area contributed by atoms with E-state index in [4.69, 9.17) is 0 Å². The van der Waals surface area contributed by atoms with Gasteiger partial charge in [-0.05, 0) is 68.7 Å². The Bertz CT molecular complexity index is 833. The number of likely N-dealkylation sites (tertiary alicyclic amines) is 1. The van der Waals surface area contributed by atoms with Gasteiger partial charge in [-0.15, -0.1) is 0 Å². The smallest absolute Gasteiger partial charge is 0.220 e. The number of fused-ring (bicyclic) bond motifs is 2. The van der Waals surface area contributed by atoms with Crippen LogP contribution in [0.3, 0.4) is 0 Å². The molecule has 2 aromatic rings. The molecule has 28 heavy (non-hydrogen) atoms. The minimum Gasteiger partial charge on any atom is -0.354 e. The molecule has 0 saturated carbocycles. The van der Waals surface area contributed by atoms with E-state index in [1.807, 2.05) is 31.8 Å². The van der Waals surface area contributed by atoms with Crippen LogP contribution in [0, 0.1) is 0 Å². The van der Waals surface area contributed by atoms with Gasteiger partial charge in [0.2, 0.25) is 5.91 Å². The van der Waals surface area contributed by atoms with Crippen LogP contribution in [0.25, 0.3) is 0 Å². The fourth-order valence-electron chi connectivity index (χ4n) is 5.24. The summed E-state index contributed by atoms with van der Waals surface area (Å²) in [7, 11) is 1.97. The van der Waals surface area contributed by atoms with Crippen molar-refractivity contribution in [1.82, 2.24) is 20.0 Å². The first kappa shape index (κ1) is 19.2. The van der Waals surface area contributed by atoms with Crippen LogP contribution in [0.15, 0.2) is 36.7 Å². The number of benzene rings is 1. The number of amides is 1. The maximum absolute atomic E-state index is 12.4. The van der Waals surface area contributed by atoms with Crippen LogP contribution in [0.5, 0.6) is 0 Å². The van der Waals surface area contributed by atoms with E-state index in [1.54, 1.807) is 0 Å². The average Bonchev–Trinajstić information content (AvgIpc) is 3.19. The summed E-state index contributed by atoms with van der Waals surface area (Å²) in [4.78, 5) is 15.0. The number of aromatic nitrogens is 2. The van der Waals surface area contributed by atoms with Crippen LogP contribution in [0.1, 0.15) is 62.1 Å². The van der Waals surface area contributed by atoms with Gasteiger partial charge >= 0.3 is 0 Å². The van der Waals surface area contributed by atoms with Crippen LogP contribution in [-0.4, -0.2) is 39.7 Å². The summed E-state index contributed by atoms with van der Waals surface area (Å²) in [5.74, 6) is 0.528. The Hall–Kier alpha value is -2.14. The van der Waals surface area contributed by atoms with Crippen molar-refractivity contribution in [3.63, 3.8) is 0 Å². The molecule has 1 aromatic carbocycles. The van der Waals surface area contributed by atoms with Gasteiger partial charge in [-0.3, -0.25) is 14.4 Å². The number of piperidine rings is 1. The summed E-state index contributed by atoms with van der Waals surface area (Å²) >= 11 is 0. The summed E-state index contributed by atoms with van der Waals surface area (Å²) in [5, 5.41) is 7.37. The second kappa shape index (κ2) is 7.70. The molecule has 0 unspecified atom stereocenters. The Balaban J connectivity index is 1.45. The van der Waals surface area contributed by atoms with Gasteiger partial charge in [0.1, 0.15) is 0 Å². The molecule has 1 aliphatic carbocycles. The first-order chi connectivity index (χ1) is 13.4. The topological polar surface area (TPSA) is 50.2 Å². The average molecular weight is 381 g/mol. The van der Waals surface area contributed by atoms with Crippen LogP contribution in [0.4, 0.5) is 0 Å². The lowest BCUT2D eigenvalue weighted by Gasteiger charge is -2.40. The highest BCUT2D eigenvalue weighted by Crippen LogP contribution is 2.52. The third-order valence-corrected chi connectivity index (χ3v) is 6.47. The highest BCUT2D eigenvalue weighted by Gasteiger charge is 2.45. The monoisotopic (exact) mass is 380 g/mol. The molecule has 1 aromatic heterocycles. The van der Waals surface area contributed by atoms with E-state index in [9.17, 15) is 4.79 Å². The SMILES string of the molecule is CC(C)NC(=O)C[C@@H]1CC2(CCN(Cc3cnn(C)c3)CC2)c2ccccc21. The zero-order valence-corrected chi connectivity index (χ0v) is 17.3. The van der Waals surface area contributed by atoms with Crippen LogP contribution in [0.2, 0.25) is 0 Å². The van der Waals surface area contributed by atoms with E-state index in [1.165, 1.54) is 29.5 Å². The van der Waals surface area contributed by atoms with Crippen molar-refractivity contribution in [3.8, 4) is 0 Å². The predicted molar refractivity (Wildman–Crippen MR) is 111 cm³/mol. The number of hydrogen-bond donors (Lipinski definition) is 1. The Morgan fingerprint density at radius 3 is 2.71 bits per heavy atom. The van der Waals surface area contributed by atoms with Gasteiger partial charge < -0.3 is 5.32 Å². The van der Waals surface area contributed by atoms with Gasteiger partial charge in [-0.25, -0.2) is 0 Å². The fourth-order valence-corrected chi connectivity index (χ4v) is 5.24. The van der Waals surface area contributed by atoms with Crippen molar-refractivity contribution >= 4 is 5.91 Å². The summed E-state index contributed by atoms with van der Waals surface area (Å²) in [6.45, 7) is 7.24. The lowest BCUT2D eigenvalue weighted by molar-refractivity contribution is -0.122. The molecule has 1 amide bonds. The highest BCUT2D eigenvalue weighted by atomic mass is 16.1. The molecule has 1 saturated heterocycles. The Morgan fingerprint density at radius 2 is 2.04 bits per heavy atom. The molecule has 1 spiro atoms. The maximum Gasteiger partial charge on any atom is 0.220 e. The molecular weight excluding hydrogens is 348 g/mol. The van der Waals surface area contributed by atoms with Gasteiger partial charge in [0, 0.05) is 37.8 Å². The Morgan fingerprint density at radius 1 is 1.29 bits per heavy atom. The zero-order valence-electron chi connectivity index (χ0n) is 17.3. The molecule has 2 aliphatic rings. The number of carbonyl (C=O) groups is 1. The molecule has 2 heterocycles. The van der Waals surface area contributed by atoms with Crippen molar-refractivity contribution in [2.45, 2.75) is 63.5 Å². The van der Waals surface area contributed by atoms with Gasteiger partial charge in [-0.2, -0.15) is 5.10 Å². The largest absolute Gasteiger partial charge is 0.354 e. The van der Waals surface area contributed by atoms with Gasteiger partial charge in [0.15, 0.2) is 0 Å². The second-order valence-corrected chi connectivity index (χ2v) is 8.99. The maximum atomic E-state index is 12.4. The van der Waals surface area contributed by atoms with Crippen LogP contribution < -0.4 is 5.32 Å². The van der Waals surface area contributed by atoms with Gasteiger partial charge in [0.05, 0.1) is 6.20 Å². The highest BCUT2D eigenvalue weighted by molar-refractivity contribution is 5.77. The van der Waals surface area contributed by atoms with Crippen LogP contribution >= 0.6 is 0 Å². The van der Waals surface area contributed by atoms with Crippen molar-refractivity contribution in [2.24, 2.45) is 7.05 Å². The summed E-state index contributed by atoms with van der Waals surface area (Å²) in [6, 6.07) is 9.06. The molecule has 1 aliphatic heterocycles. The summed E-state index contributed by atoms with van der Waals surface area (Å²) in [5.41, 5.74) is 4.43. The standard InChI is InChI=1S/C23H32N4O/c1-17(2)25-22(28)12-19-13-23(21-7-5-4-6-20(19)21)8-10-27(11-9-23)16-18-14-24-26(3)15-18/h4-7,14-15,17,19H,8-13,16H2,1-3H3,(H,25,28)/t19-/m1/s1. The zero-order chi connectivity index (χ0) is 19.7. The molecule has 150 valence electrons. The quantitative estimate of drug-likeness (QED) is 0.865. The van der Waals surface area contributed by atoms with Crippen molar-refractivity contribution in [3.05, 3.63) is 53.3 Å². The van der Waals surface area contributed by atoms with E-state index in [0.29, 0.717) is 12.3 Å². The van der Waals surface area contributed by atoms with E-state index in [0.717, 1.165) is 26.1 Å². The molecule has 1 atom stereocenters. The molecule has 4 rings (SSSR count). The molecule has 1 fully saturated rings. The summed E-state index contributed by atoms with van der Waals surface area (Å²) in [6.07, 6.45) is 8.14.